The molecule has 0 amide bonds. The van der Waals surface area contributed by atoms with Gasteiger partial charge in [0.25, 0.3) is 0 Å². The largest absolute Gasteiger partial charge is 0.333 e. The van der Waals surface area contributed by atoms with Gasteiger partial charge in [0.2, 0.25) is 0 Å². The number of aromatic amines is 1. The summed E-state index contributed by atoms with van der Waals surface area (Å²) in [5, 5.41) is 14.3. The van der Waals surface area contributed by atoms with Gasteiger partial charge >= 0.3 is 5.69 Å². The van der Waals surface area contributed by atoms with Crippen LogP contribution in [0.1, 0.15) is 49.2 Å². The molecule has 1 N–H and O–H groups in total. The Morgan fingerprint density at radius 1 is 0.919 bits per heavy atom. The SMILES string of the molecule is CCCc1cccc(C)c1-n1cc(CCC)n(Cc2ccc(-c3ccccc3-c3nnn[nH]3)cn2)c1=O. The number of hydrogen-bond acceptors (Lipinski definition) is 5. The highest BCUT2D eigenvalue weighted by Crippen LogP contribution is 2.29. The van der Waals surface area contributed by atoms with Crippen molar-refractivity contribution in [2.24, 2.45) is 0 Å². The summed E-state index contributed by atoms with van der Waals surface area (Å²) in [6, 6.07) is 18.2. The van der Waals surface area contributed by atoms with E-state index in [2.05, 4.69) is 59.6 Å². The van der Waals surface area contributed by atoms with E-state index in [1.165, 1.54) is 5.56 Å². The summed E-state index contributed by atoms with van der Waals surface area (Å²) in [5.74, 6) is 0.607. The molecule has 3 aromatic heterocycles. The van der Waals surface area contributed by atoms with Crippen molar-refractivity contribution < 1.29 is 0 Å². The minimum Gasteiger partial charge on any atom is -0.290 e. The molecule has 188 valence electrons. The molecule has 0 aliphatic carbocycles. The molecule has 0 unspecified atom stereocenters. The monoisotopic (exact) mass is 493 g/mol. The van der Waals surface area contributed by atoms with E-state index in [1.807, 2.05) is 57.9 Å². The molecular weight excluding hydrogens is 462 g/mol. The summed E-state index contributed by atoms with van der Waals surface area (Å²) in [7, 11) is 0. The van der Waals surface area contributed by atoms with Crippen LogP contribution in [0.2, 0.25) is 0 Å². The van der Waals surface area contributed by atoms with Crippen molar-refractivity contribution >= 4 is 0 Å². The van der Waals surface area contributed by atoms with Gasteiger partial charge in [0.15, 0.2) is 5.82 Å². The first-order valence-corrected chi connectivity index (χ1v) is 12.8. The number of H-pyrrole nitrogens is 1. The molecule has 8 nitrogen and oxygen atoms in total. The summed E-state index contributed by atoms with van der Waals surface area (Å²) in [6.45, 7) is 6.80. The van der Waals surface area contributed by atoms with Gasteiger partial charge in [0, 0.05) is 29.2 Å². The molecule has 8 heteroatoms. The number of hydrogen-bond donors (Lipinski definition) is 1. The highest BCUT2D eigenvalue weighted by molar-refractivity contribution is 5.79. The number of pyridine rings is 1. The maximum absolute atomic E-state index is 13.7. The molecule has 0 aliphatic heterocycles. The topological polar surface area (TPSA) is 94.3 Å². The van der Waals surface area contributed by atoms with Crippen molar-refractivity contribution in [3.8, 4) is 28.2 Å². The maximum atomic E-state index is 13.7. The van der Waals surface area contributed by atoms with Crippen LogP contribution in [0.15, 0.2) is 71.8 Å². The lowest BCUT2D eigenvalue weighted by molar-refractivity contribution is 0.678. The van der Waals surface area contributed by atoms with Crippen LogP contribution in [0.3, 0.4) is 0 Å². The van der Waals surface area contributed by atoms with Crippen molar-refractivity contribution in [3.63, 3.8) is 0 Å². The zero-order valence-electron chi connectivity index (χ0n) is 21.5. The lowest BCUT2D eigenvalue weighted by atomic mass is 10.0. The average molecular weight is 494 g/mol. The van der Waals surface area contributed by atoms with Gasteiger partial charge in [-0.15, -0.1) is 5.10 Å². The molecule has 37 heavy (non-hydrogen) atoms. The molecule has 0 saturated carbocycles. The van der Waals surface area contributed by atoms with E-state index in [-0.39, 0.29) is 5.69 Å². The van der Waals surface area contributed by atoms with Crippen molar-refractivity contribution in [2.75, 3.05) is 0 Å². The minimum atomic E-state index is -0.0239. The molecule has 2 aromatic carbocycles. The fourth-order valence-corrected chi connectivity index (χ4v) is 4.90. The molecule has 0 bridgehead atoms. The zero-order valence-corrected chi connectivity index (χ0v) is 21.5. The summed E-state index contributed by atoms with van der Waals surface area (Å²) in [4.78, 5) is 18.4. The third-order valence-electron chi connectivity index (χ3n) is 6.63. The number of para-hydroxylation sites is 1. The molecule has 0 spiro atoms. The standard InChI is InChI=1S/C29H31N7O/c1-4-9-21-12-8-11-20(3)27(21)36-19-24(10-5-2)35(29(36)37)18-23-16-15-22(17-30-23)25-13-6-7-14-26(25)28-31-33-34-32-28/h6-8,11-17,19H,4-5,9-10,18H2,1-3H3,(H,31,32,33,34). The first kappa shape index (κ1) is 24.4. The third kappa shape index (κ3) is 4.87. The molecule has 0 radical (unpaired) electrons. The second-order valence-corrected chi connectivity index (χ2v) is 9.28. The lowest BCUT2D eigenvalue weighted by Gasteiger charge is -2.12. The predicted octanol–water partition coefficient (Wildman–Crippen LogP) is 5.14. The van der Waals surface area contributed by atoms with E-state index < -0.39 is 0 Å². The van der Waals surface area contributed by atoms with Gasteiger partial charge < -0.3 is 0 Å². The Balaban J connectivity index is 1.49. The van der Waals surface area contributed by atoms with Crippen LogP contribution < -0.4 is 5.69 Å². The molecule has 3 heterocycles. The van der Waals surface area contributed by atoms with Crippen molar-refractivity contribution in [2.45, 2.75) is 53.0 Å². The van der Waals surface area contributed by atoms with Crippen molar-refractivity contribution in [3.05, 3.63) is 100.0 Å². The Morgan fingerprint density at radius 2 is 1.73 bits per heavy atom. The summed E-state index contributed by atoms with van der Waals surface area (Å²) in [6.07, 6.45) is 7.61. The normalized spacial score (nSPS) is 11.2. The Kier molecular flexibility index (Phi) is 7.07. The second-order valence-electron chi connectivity index (χ2n) is 9.28. The second kappa shape index (κ2) is 10.7. The van der Waals surface area contributed by atoms with E-state index in [4.69, 9.17) is 4.98 Å². The van der Waals surface area contributed by atoms with E-state index in [0.29, 0.717) is 12.4 Å². The lowest BCUT2D eigenvalue weighted by Crippen LogP contribution is -2.26. The maximum Gasteiger partial charge on any atom is 0.333 e. The van der Waals surface area contributed by atoms with Gasteiger partial charge in [-0.2, -0.15) is 0 Å². The molecule has 0 saturated heterocycles. The fourth-order valence-electron chi connectivity index (χ4n) is 4.90. The smallest absolute Gasteiger partial charge is 0.290 e. The van der Waals surface area contributed by atoms with Gasteiger partial charge in [-0.3, -0.25) is 14.1 Å². The highest BCUT2D eigenvalue weighted by atomic mass is 16.1. The van der Waals surface area contributed by atoms with Gasteiger partial charge in [-0.1, -0.05) is 75.2 Å². The summed E-state index contributed by atoms with van der Waals surface area (Å²) >= 11 is 0. The number of aromatic nitrogens is 7. The number of benzene rings is 2. The number of tetrazole rings is 1. The number of rotatable bonds is 9. The van der Waals surface area contributed by atoms with Crippen molar-refractivity contribution in [1.82, 2.24) is 34.7 Å². The molecular formula is C29H31N7O. The van der Waals surface area contributed by atoms with E-state index >= 15 is 0 Å². The van der Waals surface area contributed by atoms with Gasteiger partial charge in [0.1, 0.15) is 0 Å². The quantitative estimate of drug-likeness (QED) is 0.307. The molecule has 5 rings (SSSR count). The van der Waals surface area contributed by atoms with Crippen LogP contribution in [0.25, 0.3) is 28.2 Å². The number of imidazole rings is 1. The zero-order chi connectivity index (χ0) is 25.8. The van der Waals surface area contributed by atoms with Gasteiger partial charge in [-0.25, -0.2) is 9.89 Å². The third-order valence-corrected chi connectivity index (χ3v) is 6.63. The summed E-state index contributed by atoms with van der Waals surface area (Å²) in [5.41, 5.74) is 7.99. The Morgan fingerprint density at radius 3 is 2.43 bits per heavy atom. The van der Waals surface area contributed by atoms with Gasteiger partial charge in [-0.05, 0) is 52.9 Å². The molecule has 0 aliphatic rings. The van der Waals surface area contributed by atoms with Crippen LogP contribution in [0.5, 0.6) is 0 Å². The Hall–Kier alpha value is -4.33. The fraction of sp³-hybridized carbons (Fsp3) is 0.276. The van der Waals surface area contributed by atoms with E-state index in [9.17, 15) is 4.79 Å². The number of nitrogens with zero attached hydrogens (tertiary/aromatic N) is 6. The highest BCUT2D eigenvalue weighted by Gasteiger charge is 2.17. The summed E-state index contributed by atoms with van der Waals surface area (Å²) < 4.78 is 3.70. The van der Waals surface area contributed by atoms with Crippen LogP contribution in [0.4, 0.5) is 0 Å². The first-order chi connectivity index (χ1) is 18.1. The minimum absolute atomic E-state index is 0.0239. The first-order valence-electron chi connectivity index (χ1n) is 12.8. The number of aryl methyl sites for hydroxylation is 3. The molecule has 0 fully saturated rings. The van der Waals surface area contributed by atoms with E-state index in [1.54, 1.807) is 0 Å². The van der Waals surface area contributed by atoms with Crippen LogP contribution in [-0.2, 0) is 19.4 Å². The molecule has 0 atom stereocenters. The number of nitrogens with one attached hydrogen (secondary N) is 1. The van der Waals surface area contributed by atoms with Crippen LogP contribution in [0, 0.1) is 6.92 Å². The predicted molar refractivity (Wildman–Crippen MR) is 145 cm³/mol. The Labute approximate surface area is 216 Å². The average Bonchev–Trinajstić information content (AvgIpc) is 3.55. The molecule has 5 aromatic rings. The van der Waals surface area contributed by atoms with E-state index in [0.717, 1.165) is 65.0 Å². The van der Waals surface area contributed by atoms with Crippen molar-refractivity contribution in [1.29, 1.82) is 0 Å². The van der Waals surface area contributed by atoms with Crippen LogP contribution >= 0.6 is 0 Å². The van der Waals surface area contributed by atoms with Crippen LogP contribution in [-0.4, -0.2) is 34.7 Å². The van der Waals surface area contributed by atoms with Gasteiger partial charge in [0.05, 0.1) is 17.9 Å². The Bertz CT molecular complexity index is 1550.